The van der Waals surface area contributed by atoms with Gasteiger partial charge >= 0.3 is 0 Å². The number of hydrogen-bond acceptors (Lipinski definition) is 4. The zero-order chi connectivity index (χ0) is 16.1. The molecule has 0 unspecified atom stereocenters. The molecule has 1 aliphatic carbocycles. The summed E-state index contributed by atoms with van der Waals surface area (Å²) in [6, 6.07) is 5.34. The average Bonchev–Trinajstić information content (AvgIpc) is 3.01. The van der Waals surface area contributed by atoms with Crippen LogP contribution in [0.25, 0.3) is 6.08 Å². The minimum atomic E-state index is -0.205. The Morgan fingerprint density at radius 1 is 1.39 bits per heavy atom. The number of nitrogens with zero attached hydrogens (tertiary/aromatic N) is 3. The zero-order valence-corrected chi connectivity index (χ0v) is 12.7. The van der Waals surface area contributed by atoms with Gasteiger partial charge in [0.25, 0.3) is 5.56 Å². The Morgan fingerprint density at radius 3 is 3.13 bits per heavy atom. The summed E-state index contributed by atoms with van der Waals surface area (Å²) in [5.41, 5.74) is 2.83. The lowest BCUT2D eigenvalue weighted by Crippen LogP contribution is -2.31. The van der Waals surface area contributed by atoms with E-state index in [1.54, 1.807) is 24.5 Å². The van der Waals surface area contributed by atoms with Crippen LogP contribution < -0.4 is 10.9 Å². The lowest BCUT2D eigenvalue weighted by molar-refractivity contribution is -0.116. The van der Waals surface area contributed by atoms with Gasteiger partial charge in [-0.05, 0) is 42.5 Å². The topological polar surface area (TPSA) is 76.9 Å². The first-order chi connectivity index (χ1) is 11.2. The van der Waals surface area contributed by atoms with Gasteiger partial charge in [-0.15, -0.1) is 0 Å². The van der Waals surface area contributed by atoms with Crippen molar-refractivity contribution < 1.29 is 4.79 Å². The van der Waals surface area contributed by atoms with Crippen LogP contribution in [0.3, 0.4) is 0 Å². The minimum absolute atomic E-state index is 0.106. The van der Waals surface area contributed by atoms with E-state index in [1.165, 1.54) is 10.8 Å². The molecule has 0 aromatic carbocycles. The first-order valence-electron chi connectivity index (χ1n) is 7.68. The second-order valence-electron chi connectivity index (χ2n) is 5.44. The van der Waals surface area contributed by atoms with Crippen LogP contribution in [0.2, 0.25) is 0 Å². The summed E-state index contributed by atoms with van der Waals surface area (Å²) in [6.45, 7) is 0.737. The third kappa shape index (κ3) is 3.91. The highest BCUT2D eigenvalue weighted by Gasteiger charge is 2.14. The molecule has 1 amide bonds. The Bertz CT molecular complexity index is 781. The highest BCUT2D eigenvalue weighted by atomic mass is 16.1. The van der Waals surface area contributed by atoms with E-state index in [-0.39, 0.29) is 11.5 Å². The molecular formula is C17H18N4O2. The normalized spacial score (nSPS) is 13.2. The smallest absolute Gasteiger partial charge is 0.267 e. The SMILES string of the molecule is O=C(/C=C/c1cccnc1)NCCn1nc2c(cc1=O)CCC2. The maximum absolute atomic E-state index is 11.9. The van der Waals surface area contributed by atoms with E-state index in [2.05, 4.69) is 15.4 Å². The van der Waals surface area contributed by atoms with Gasteiger partial charge in [0, 0.05) is 31.1 Å². The lowest BCUT2D eigenvalue weighted by Gasteiger charge is -2.07. The highest BCUT2D eigenvalue weighted by molar-refractivity contribution is 5.91. The molecule has 0 bridgehead atoms. The van der Waals surface area contributed by atoms with E-state index >= 15 is 0 Å². The first-order valence-corrected chi connectivity index (χ1v) is 7.68. The molecule has 0 radical (unpaired) electrons. The van der Waals surface area contributed by atoms with E-state index in [0.29, 0.717) is 13.1 Å². The molecule has 1 aliphatic rings. The molecule has 2 aromatic heterocycles. The molecule has 23 heavy (non-hydrogen) atoms. The molecule has 0 fully saturated rings. The summed E-state index contributed by atoms with van der Waals surface area (Å²) in [4.78, 5) is 27.7. The summed E-state index contributed by atoms with van der Waals surface area (Å²) in [5, 5.41) is 7.12. The molecule has 3 rings (SSSR count). The van der Waals surface area contributed by atoms with Crippen molar-refractivity contribution in [2.24, 2.45) is 0 Å². The van der Waals surface area contributed by atoms with Gasteiger partial charge in [0.15, 0.2) is 0 Å². The molecule has 6 heteroatoms. The van der Waals surface area contributed by atoms with E-state index in [4.69, 9.17) is 0 Å². The number of fused-ring (bicyclic) bond motifs is 1. The van der Waals surface area contributed by atoms with Crippen molar-refractivity contribution in [3.8, 4) is 0 Å². The van der Waals surface area contributed by atoms with Crippen LogP contribution in [0.15, 0.2) is 41.5 Å². The average molecular weight is 310 g/mol. The van der Waals surface area contributed by atoms with E-state index in [0.717, 1.165) is 36.1 Å². The van der Waals surface area contributed by atoms with Gasteiger partial charge in [0.1, 0.15) is 0 Å². The first kappa shape index (κ1) is 15.1. The standard InChI is InChI=1S/C17H18N4O2/c22-16(7-6-13-3-2-8-18-12-13)19-9-10-21-17(23)11-14-4-1-5-15(14)20-21/h2-3,6-8,11-12H,1,4-5,9-10H2,(H,19,22)/b7-6+. The van der Waals surface area contributed by atoms with Crippen LogP contribution in [0.1, 0.15) is 23.2 Å². The van der Waals surface area contributed by atoms with Crippen LogP contribution in [0.5, 0.6) is 0 Å². The van der Waals surface area contributed by atoms with Crippen LogP contribution in [0.4, 0.5) is 0 Å². The molecular weight excluding hydrogens is 292 g/mol. The summed E-state index contributed by atoms with van der Waals surface area (Å²) < 4.78 is 1.43. The third-order valence-electron chi connectivity index (χ3n) is 3.76. The number of aromatic nitrogens is 3. The Hall–Kier alpha value is -2.76. The molecule has 6 nitrogen and oxygen atoms in total. The summed E-state index contributed by atoms with van der Waals surface area (Å²) >= 11 is 0. The molecule has 0 saturated carbocycles. The van der Waals surface area contributed by atoms with Gasteiger partial charge in [0.2, 0.25) is 5.91 Å². The molecule has 0 saturated heterocycles. The van der Waals surface area contributed by atoms with Crippen molar-refractivity contribution in [3.05, 3.63) is 63.8 Å². The van der Waals surface area contributed by atoms with Gasteiger partial charge in [-0.25, -0.2) is 4.68 Å². The van der Waals surface area contributed by atoms with Crippen LogP contribution in [-0.4, -0.2) is 27.2 Å². The van der Waals surface area contributed by atoms with Gasteiger partial charge < -0.3 is 5.32 Å². The number of pyridine rings is 1. The van der Waals surface area contributed by atoms with Crippen molar-refractivity contribution in [3.63, 3.8) is 0 Å². The number of carbonyl (C=O) groups excluding carboxylic acids is 1. The maximum atomic E-state index is 11.9. The zero-order valence-electron chi connectivity index (χ0n) is 12.7. The Balaban J connectivity index is 1.53. The molecule has 0 aliphatic heterocycles. The van der Waals surface area contributed by atoms with Crippen molar-refractivity contribution >= 4 is 12.0 Å². The molecule has 118 valence electrons. The predicted octanol–water partition coefficient (Wildman–Crippen LogP) is 0.957. The second kappa shape index (κ2) is 7.00. The molecule has 2 heterocycles. The summed E-state index contributed by atoms with van der Waals surface area (Å²) in [7, 11) is 0. The van der Waals surface area contributed by atoms with Crippen molar-refractivity contribution in [1.82, 2.24) is 20.1 Å². The highest BCUT2D eigenvalue weighted by Crippen LogP contribution is 2.16. The third-order valence-corrected chi connectivity index (χ3v) is 3.76. The summed E-state index contributed by atoms with van der Waals surface area (Å²) in [5.74, 6) is -0.205. The molecule has 0 spiro atoms. The Morgan fingerprint density at radius 2 is 2.30 bits per heavy atom. The van der Waals surface area contributed by atoms with Crippen molar-refractivity contribution in [1.29, 1.82) is 0 Å². The maximum Gasteiger partial charge on any atom is 0.267 e. The molecule has 2 aromatic rings. The number of aryl methyl sites for hydroxylation is 2. The monoisotopic (exact) mass is 310 g/mol. The molecule has 1 N–H and O–H groups in total. The fraction of sp³-hybridized carbons (Fsp3) is 0.294. The van der Waals surface area contributed by atoms with Crippen molar-refractivity contribution in [2.75, 3.05) is 6.54 Å². The van der Waals surface area contributed by atoms with E-state index in [1.807, 2.05) is 12.1 Å². The number of rotatable bonds is 5. The van der Waals surface area contributed by atoms with Gasteiger partial charge in [0.05, 0.1) is 12.2 Å². The van der Waals surface area contributed by atoms with E-state index < -0.39 is 0 Å². The fourth-order valence-corrected chi connectivity index (χ4v) is 2.59. The van der Waals surface area contributed by atoms with Gasteiger partial charge in [-0.2, -0.15) is 5.10 Å². The van der Waals surface area contributed by atoms with Crippen LogP contribution >= 0.6 is 0 Å². The molecule has 0 atom stereocenters. The van der Waals surface area contributed by atoms with Crippen molar-refractivity contribution in [2.45, 2.75) is 25.8 Å². The predicted molar refractivity (Wildman–Crippen MR) is 86.8 cm³/mol. The number of hydrogen-bond donors (Lipinski definition) is 1. The number of amides is 1. The van der Waals surface area contributed by atoms with E-state index in [9.17, 15) is 9.59 Å². The number of carbonyl (C=O) groups is 1. The van der Waals surface area contributed by atoms with Crippen LogP contribution in [0, 0.1) is 0 Å². The summed E-state index contributed by atoms with van der Waals surface area (Å²) in [6.07, 6.45) is 9.43. The van der Waals surface area contributed by atoms with Gasteiger partial charge in [-0.1, -0.05) is 6.07 Å². The lowest BCUT2D eigenvalue weighted by atomic mass is 10.2. The van der Waals surface area contributed by atoms with Crippen LogP contribution in [-0.2, 0) is 24.2 Å². The largest absolute Gasteiger partial charge is 0.351 e. The minimum Gasteiger partial charge on any atom is -0.351 e. The fourth-order valence-electron chi connectivity index (χ4n) is 2.59. The quantitative estimate of drug-likeness (QED) is 0.834. The second-order valence-corrected chi connectivity index (χ2v) is 5.44. The number of nitrogens with one attached hydrogen (secondary N) is 1. The Kier molecular flexibility index (Phi) is 4.61. The Labute approximate surface area is 133 Å². The van der Waals surface area contributed by atoms with Gasteiger partial charge in [-0.3, -0.25) is 14.6 Å².